The van der Waals surface area contributed by atoms with Crippen molar-refractivity contribution in [1.29, 1.82) is 0 Å². The highest BCUT2D eigenvalue weighted by molar-refractivity contribution is 9.10. The average Bonchev–Trinajstić information content (AvgIpc) is 2.51. The third-order valence-corrected chi connectivity index (χ3v) is 2.86. The zero-order valence-corrected chi connectivity index (χ0v) is 9.87. The van der Waals surface area contributed by atoms with E-state index in [0.717, 1.165) is 0 Å². The molecule has 0 bridgehead atoms. The van der Waals surface area contributed by atoms with Gasteiger partial charge in [0.25, 0.3) is 0 Å². The summed E-state index contributed by atoms with van der Waals surface area (Å²) < 4.78 is 5.80. The molecule has 0 aliphatic heterocycles. The van der Waals surface area contributed by atoms with Gasteiger partial charge in [0.05, 0.1) is 10.7 Å². The van der Waals surface area contributed by atoms with Crippen LogP contribution in [0.15, 0.2) is 21.2 Å². The van der Waals surface area contributed by atoms with Gasteiger partial charge in [0.1, 0.15) is 0 Å². The van der Waals surface area contributed by atoms with E-state index in [1.165, 1.54) is 6.26 Å². The molecule has 2 N–H and O–H groups in total. The number of nitrogens with two attached hydrogens (primary N) is 1. The Morgan fingerprint density at radius 3 is 2.64 bits per heavy atom. The highest BCUT2D eigenvalue weighted by Crippen LogP contribution is 2.23. The molecule has 1 aromatic heterocycles. The van der Waals surface area contributed by atoms with E-state index in [1.807, 2.05) is 13.8 Å². The zero-order chi connectivity index (χ0) is 10.7. The maximum atomic E-state index is 11.9. The number of ketones is 1. The Morgan fingerprint density at radius 1 is 1.64 bits per heavy atom. The summed E-state index contributed by atoms with van der Waals surface area (Å²) in [5.74, 6) is 0.399. The minimum absolute atomic E-state index is 0.0284. The summed E-state index contributed by atoms with van der Waals surface area (Å²) in [6.07, 6.45) is 1.49. The van der Waals surface area contributed by atoms with Crippen molar-refractivity contribution in [2.24, 2.45) is 17.6 Å². The second-order valence-electron chi connectivity index (χ2n) is 3.55. The Balaban J connectivity index is 2.89. The number of rotatable bonds is 4. The summed E-state index contributed by atoms with van der Waals surface area (Å²) in [6, 6.07) is 1.71. The predicted octanol–water partition coefficient (Wildman–Crippen LogP) is 2.46. The minimum Gasteiger partial charge on any atom is -0.460 e. The highest BCUT2D eigenvalue weighted by atomic mass is 79.9. The van der Waals surface area contributed by atoms with E-state index in [0.29, 0.717) is 16.8 Å². The van der Waals surface area contributed by atoms with Crippen LogP contribution in [0.2, 0.25) is 0 Å². The molecule has 14 heavy (non-hydrogen) atoms. The number of hydrogen-bond donors (Lipinski definition) is 1. The van der Waals surface area contributed by atoms with Crippen LogP contribution in [0.1, 0.15) is 24.4 Å². The molecule has 1 rings (SSSR count). The van der Waals surface area contributed by atoms with E-state index in [-0.39, 0.29) is 17.6 Å². The van der Waals surface area contributed by atoms with Crippen LogP contribution in [0, 0.1) is 11.8 Å². The van der Waals surface area contributed by atoms with Crippen LogP contribution in [0.5, 0.6) is 0 Å². The molecule has 1 aromatic rings. The third-order valence-electron chi connectivity index (χ3n) is 2.24. The maximum Gasteiger partial charge on any atom is 0.203 e. The van der Waals surface area contributed by atoms with Crippen LogP contribution < -0.4 is 5.73 Å². The van der Waals surface area contributed by atoms with Crippen LogP contribution in [-0.4, -0.2) is 12.3 Å². The van der Waals surface area contributed by atoms with Gasteiger partial charge in [-0.2, -0.15) is 0 Å². The van der Waals surface area contributed by atoms with Crippen LogP contribution in [0.25, 0.3) is 0 Å². The van der Waals surface area contributed by atoms with Crippen molar-refractivity contribution in [1.82, 2.24) is 0 Å². The number of carbonyl (C=O) groups excluding carboxylic acids is 1. The second kappa shape index (κ2) is 4.75. The maximum absolute atomic E-state index is 11.9. The van der Waals surface area contributed by atoms with Gasteiger partial charge in [0.2, 0.25) is 5.78 Å². The van der Waals surface area contributed by atoms with Gasteiger partial charge in [-0.05, 0) is 27.9 Å². The molecule has 78 valence electrons. The van der Waals surface area contributed by atoms with Gasteiger partial charge < -0.3 is 10.2 Å². The monoisotopic (exact) mass is 259 g/mol. The van der Waals surface area contributed by atoms with Crippen molar-refractivity contribution in [2.45, 2.75) is 13.8 Å². The molecule has 0 fully saturated rings. The van der Waals surface area contributed by atoms with Crippen LogP contribution in [-0.2, 0) is 0 Å². The van der Waals surface area contributed by atoms with Gasteiger partial charge in [0.15, 0.2) is 5.76 Å². The number of halogens is 1. The summed E-state index contributed by atoms with van der Waals surface area (Å²) in [5, 5.41) is 0. The molecule has 4 heteroatoms. The first-order valence-electron chi connectivity index (χ1n) is 4.55. The smallest absolute Gasteiger partial charge is 0.203 e. The lowest BCUT2D eigenvalue weighted by Crippen LogP contribution is -2.28. The third kappa shape index (κ3) is 2.25. The normalized spacial score (nSPS) is 13.2. The van der Waals surface area contributed by atoms with Crippen molar-refractivity contribution >= 4 is 21.7 Å². The first kappa shape index (κ1) is 11.5. The fraction of sp³-hybridized carbons (Fsp3) is 0.500. The summed E-state index contributed by atoms with van der Waals surface area (Å²) in [5.41, 5.74) is 5.55. The van der Waals surface area contributed by atoms with Crippen molar-refractivity contribution < 1.29 is 9.21 Å². The molecule has 0 aliphatic carbocycles. The molecule has 0 amide bonds. The van der Waals surface area contributed by atoms with Gasteiger partial charge in [-0.15, -0.1) is 0 Å². The van der Waals surface area contributed by atoms with E-state index in [2.05, 4.69) is 15.9 Å². The second-order valence-corrected chi connectivity index (χ2v) is 4.40. The van der Waals surface area contributed by atoms with Gasteiger partial charge in [-0.1, -0.05) is 13.8 Å². The molecular formula is C10H14BrNO2. The van der Waals surface area contributed by atoms with E-state index in [1.54, 1.807) is 6.07 Å². The summed E-state index contributed by atoms with van der Waals surface area (Å²) in [7, 11) is 0. The van der Waals surface area contributed by atoms with Gasteiger partial charge >= 0.3 is 0 Å². The molecule has 1 unspecified atom stereocenters. The Bertz CT molecular complexity index is 320. The Kier molecular flexibility index (Phi) is 3.89. The SMILES string of the molecule is CC(C)C(CN)C(=O)c1occc1Br. The molecule has 0 saturated carbocycles. The molecular weight excluding hydrogens is 246 g/mol. The lowest BCUT2D eigenvalue weighted by atomic mass is 9.90. The van der Waals surface area contributed by atoms with E-state index < -0.39 is 0 Å². The number of furan rings is 1. The van der Waals surface area contributed by atoms with Crippen LogP contribution in [0.3, 0.4) is 0 Å². The van der Waals surface area contributed by atoms with Gasteiger partial charge in [-0.3, -0.25) is 4.79 Å². The summed E-state index contributed by atoms with van der Waals surface area (Å²) in [6.45, 7) is 4.31. The minimum atomic E-state index is -0.169. The molecule has 0 spiro atoms. The van der Waals surface area contributed by atoms with Crippen molar-refractivity contribution in [3.63, 3.8) is 0 Å². The largest absolute Gasteiger partial charge is 0.460 e. The molecule has 0 saturated heterocycles. The van der Waals surface area contributed by atoms with E-state index >= 15 is 0 Å². The van der Waals surface area contributed by atoms with Gasteiger partial charge in [-0.25, -0.2) is 0 Å². The number of carbonyl (C=O) groups is 1. The number of Topliss-reactive ketones (excluding diaryl/α,β-unsaturated/α-hetero) is 1. The van der Waals surface area contributed by atoms with E-state index in [9.17, 15) is 4.79 Å². The summed E-state index contributed by atoms with van der Waals surface area (Å²) in [4.78, 5) is 11.9. The Hall–Kier alpha value is -0.610. The molecule has 0 aromatic carbocycles. The van der Waals surface area contributed by atoms with E-state index in [4.69, 9.17) is 10.2 Å². The Labute approximate surface area is 91.8 Å². The van der Waals surface area contributed by atoms with Crippen LogP contribution in [0.4, 0.5) is 0 Å². The lowest BCUT2D eigenvalue weighted by Gasteiger charge is -2.15. The average molecular weight is 260 g/mol. The topological polar surface area (TPSA) is 56.2 Å². The van der Waals surface area contributed by atoms with Crippen LogP contribution >= 0.6 is 15.9 Å². The van der Waals surface area contributed by atoms with Crippen molar-refractivity contribution in [3.05, 3.63) is 22.6 Å². The molecule has 1 atom stereocenters. The highest BCUT2D eigenvalue weighted by Gasteiger charge is 2.25. The fourth-order valence-corrected chi connectivity index (χ4v) is 1.72. The quantitative estimate of drug-likeness (QED) is 0.846. The van der Waals surface area contributed by atoms with Crippen molar-refractivity contribution in [3.8, 4) is 0 Å². The fourth-order valence-electron chi connectivity index (χ4n) is 1.32. The Morgan fingerprint density at radius 2 is 2.29 bits per heavy atom. The predicted molar refractivity (Wildman–Crippen MR) is 58.1 cm³/mol. The zero-order valence-electron chi connectivity index (χ0n) is 8.29. The summed E-state index contributed by atoms with van der Waals surface area (Å²) >= 11 is 3.26. The molecule has 3 nitrogen and oxygen atoms in total. The molecule has 1 heterocycles. The van der Waals surface area contributed by atoms with Crippen molar-refractivity contribution in [2.75, 3.05) is 6.54 Å². The first-order chi connectivity index (χ1) is 6.57. The van der Waals surface area contributed by atoms with Gasteiger partial charge in [0, 0.05) is 12.5 Å². The molecule has 0 radical (unpaired) electrons. The number of hydrogen-bond acceptors (Lipinski definition) is 3. The lowest BCUT2D eigenvalue weighted by molar-refractivity contribution is 0.0862. The standard InChI is InChI=1S/C10H14BrNO2/c1-6(2)7(5-12)9(13)10-8(11)3-4-14-10/h3-4,6-7H,5,12H2,1-2H3. The molecule has 0 aliphatic rings. The first-order valence-corrected chi connectivity index (χ1v) is 5.34.